The van der Waals surface area contributed by atoms with Crippen molar-refractivity contribution in [2.24, 2.45) is 0 Å². The van der Waals surface area contributed by atoms with E-state index in [9.17, 15) is 9.59 Å². The summed E-state index contributed by atoms with van der Waals surface area (Å²) in [5.74, 6) is -0.0509. The summed E-state index contributed by atoms with van der Waals surface area (Å²) in [4.78, 5) is 26.7. The van der Waals surface area contributed by atoms with E-state index in [1.807, 2.05) is 18.2 Å². The van der Waals surface area contributed by atoms with Crippen LogP contribution in [-0.4, -0.2) is 33.6 Å². The lowest BCUT2D eigenvalue weighted by atomic mass is 10.2. The summed E-state index contributed by atoms with van der Waals surface area (Å²) in [6.45, 7) is 0.461. The lowest BCUT2D eigenvalue weighted by Gasteiger charge is -2.15. The fourth-order valence-corrected chi connectivity index (χ4v) is 4.68. The second kappa shape index (κ2) is 9.02. The van der Waals surface area contributed by atoms with Gasteiger partial charge in [-0.05, 0) is 37.0 Å². The van der Waals surface area contributed by atoms with Crippen LogP contribution in [0.15, 0.2) is 29.2 Å². The molecule has 0 atom stereocenters. The van der Waals surface area contributed by atoms with Crippen molar-refractivity contribution in [3.8, 4) is 0 Å². The number of rotatable bonds is 6. The van der Waals surface area contributed by atoms with Gasteiger partial charge in [0.25, 0.3) is 5.91 Å². The van der Waals surface area contributed by atoms with Crippen LogP contribution in [0.4, 0.5) is 0 Å². The van der Waals surface area contributed by atoms with Crippen molar-refractivity contribution in [2.45, 2.75) is 44.6 Å². The van der Waals surface area contributed by atoms with Crippen LogP contribution in [0.25, 0.3) is 6.08 Å². The summed E-state index contributed by atoms with van der Waals surface area (Å²) in [5.41, 5.74) is 0.797. The van der Waals surface area contributed by atoms with E-state index in [4.69, 9.17) is 23.8 Å². The fourth-order valence-electron chi connectivity index (χ4n) is 3.19. The molecule has 1 aliphatic carbocycles. The Balaban J connectivity index is 1.52. The Morgan fingerprint density at radius 2 is 2.08 bits per heavy atom. The number of carbonyl (C=O) groups is 2. The third kappa shape index (κ3) is 4.87. The summed E-state index contributed by atoms with van der Waals surface area (Å²) in [6, 6.07) is 7.71. The zero-order valence-electron chi connectivity index (χ0n) is 14.4. The van der Waals surface area contributed by atoms with Gasteiger partial charge in [0.1, 0.15) is 4.32 Å². The van der Waals surface area contributed by atoms with Crippen LogP contribution in [0.1, 0.15) is 44.1 Å². The molecule has 2 fully saturated rings. The first-order chi connectivity index (χ1) is 12.5. The molecule has 0 radical (unpaired) electrons. The van der Waals surface area contributed by atoms with Gasteiger partial charge in [0.15, 0.2) is 0 Å². The summed E-state index contributed by atoms with van der Waals surface area (Å²) in [7, 11) is 0. The van der Waals surface area contributed by atoms with E-state index in [2.05, 4.69) is 5.32 Å². The minimum Gasteiger partial charge on any atom is -0.353 e. The average molecular weight is 409 g/mol. The third-order valence-corrected chi connectivity index (χ3v) is 6.29. The highest BCUT2D eigenvalue weighted by Crippen LogP contribution is 2.33. The average Bonchev–Trinajstić information content (AvgIpc) is 3.20. The van der Waals surface area contributed by atoms with E-state index in [0.717, 1.165) is 18.4 Å². The van der Waals surface area contributed by atoms with Crippen molar-refractivity contribution in [2.75, 3.05) is 6.54 Å². The molecule has 0 bridgehead atoms. The summed E-state index contributed by atoms with van der Waals surface area (Å²) in [6.07, 6.45) is 7.33. The Hall–Kier alpha value is -1.37. The highest BCUT2D eigenvalue weighted by Gasteiger charge is 2.31. The minimum absolute atomic E-state index is 0.0638. The third-order valence-electron chi connectivity index (χ3n) is 4.57. The van der Waals surface area contributed by atoms with E-state index >= 15 is 0 Å². The Bertz CT molecular complexity index is 745. The van der Waals surface area contributed by atoms with Crippen LogP contribution >= 0.6 is 35.6 Å². The number of halogens is 1. The molecule has 2 aliphatic rings. The zero-order chi connectivity index (χ0) is 18.5. The van der Waals surface area contributed by atoms with Crippen LogP contribution in [-0.2, 0) is 9.59 Å². The minimum atomic E-state index is -0.115. The molecule has 4 nitrogen and oxygen atoms in total. The van der Waals surface area contributed by atoms with Gasteiger partial charge in [0, 0.05) is 24.0 Å². The number of thioether (sulfide) groups is 1. The second-order valence-electron chi connectivity index (χ2n) is 6.51. The van der Waals surface area contributed by atoms with E-state index in [1.54, 1.807) is 17.0 Å². The van der Waals surface area contributed by atoms with Gasteiger partial charge in [0.05, 0.1) is 4.91 Å². The number of thiocarbonyl (C=S) groups is 1. The molecule has 26 heavy (non-hydrogen) atoms. The van der Waals surface area contributed by atoms with Gasteiger partial charge >= 0.3 is 0 Å². The molecule has 1 aromatic rings. The number of hydrogen-bond donors (Lipinski definition) is 1. The highest BCUT2D eigenvalue weighted by atomic mass is 35.5. The van der Waals surface area contributed by atoms with E-state index in [0.29, 0.717) is 39.7 Å². The number of benzene rings is 1. The largest absolute Gasteiger partial charge is 0.353 e. The molecular weight excluding hydrogens is 388 g/mol. The normalized spacial score (nSPS) is 19.6. The Labute approximate surface area is 168 Å². The molecule has 3 rings (SSSR count). The Kier molecular flexibility index (Phi) is 6.73. The molecule has 1 N–H and O–H groups in total. The molecule has 1 saturated heterocycles. The number of amides is 2. The van der Waals surface area contributed by atoms with Crippen molar-refractivity contribution in [3.05, 3.63) is 39.8 Å². The lowest BCUT2D eigenvalue weighted by molar-refractivity contribution is -0.124. The number of hydrogen-bond acceptors (Lipinski definition) is 4. The summed E-state index contributed by atoms with van der Waals surface area (Å²) < 4.78 is 0.532. The number of nitrogens with zero attached hydrogens (tertiary/aromatic N) is 1. The Morgan fingerprint density at radius 3 is 2.81 bits per heavy atom. The maximum atomic E-state index is 12.6. The van der Waals surface area contributed by atoms with Crippen LogP contribution in [0.3, 0.4) is 0 Å². The van der Waals surface area contributed by atoms with Gasteiger partial charge in [-0.3, -0.25) is 14.5 Å². The molecule has 0 unspecified atom stereocenters. The number of carbonyl (C=O) groups excluding carboxylic acids is 2. The van der Waals surface area contributed by atoms with Gasteiger partial charge in [-0.1, -0.05) is 66.6 Å². The quantitative estimate of drug-likeness (QED) is 0.560. The van der Waals surface area contributed by atoms with Crippen molar-refractivity contribution in [1.29, 1.82) is 0 Å². The van der Waals surface area contributed by atoms with Crippen molar-refractivity contribution in [1.82, 2.24) is 10.2 Å². The fraction of sp³-hybridized carbons (Fsp3) is 0.421. The van der Waals surface area contributed by atoms with Gasteiger partial charge in [-0.15, -0.1) is 0 Å². The maximum Gasteiger partial charge on any atom is 0.266 e. The topological polar surface area (TPSA) is 49.4 Å². The highest BCUT2D eigenvalue weighted by molar-refractivity contribution is 8.26. The van der Waals surface area contributed by atoms with E-state index in [-0.39, 0.29) is 11.8 Å². The SMILES string of the molecule is O=C(CCCN1C(=O)/C(=C\c2ccccc2Cl)SC1=S)NC1CCCC1. The first-order valence-corrected chi connectivity index (χ1v) is 10.4. The predicted molar refractivity (Wildman–Crippen MR) is 111 cm³/mol. The summed E-state index contributed by atoms with van der Waals surface area (Å²) >= 11 is 12.8. The van der Waals surface area contributed by atoms with E-state index in [1.165, 1.54) is 24.6 Å². The van der Waals surface area contributed by atoms with Gasteiger partial charge in [-0.25, -0.2) is 0 Å². The van der Waals surface area contributed by atoms with Crippen molar-refractivity contribution in [3.63, 3.8) is 0 Å². The standard InChI is InChI=1S/C19H21ClN2O2S2/c20-15-9-4-1-6-13(15)12-16-18(24)22(19(25)26-16)11-5-10-17(23)21-14-7-2-3-8-14/h1,4,6,9,12,14H,2-3,5,7-8,10-11H2,(H,21,23)/b16-12+. The van der Waals surface area contributed by atoms with Crippen LogP contribution in [0.2, 0.25) is 5.02 Å². The smallest absolute Gasteiger partial charge is 0.266 e. The molecule has 1 aromatic carbocycles. The molecule has 1 aliphatic heterocycles. The van der Waals surface area contributed by atoms with Gasteiger partial charge in [-0.2, -0.15) is 0 Å². The second-order valence-corrected chi connectivity index (χ2v) is 8.59. The number of nitrogens with one attached hydrogen (secondary N) is 1. The van der Waals surface area contributed by atoms with Crippen molar-refractivity contribution < 1.29 is 9.59 Å². The van der Waals surface area contributed by atoms with Gasteiger partial charge < -0.3 is 5.32 Å². The van der Waals surface area contributed by atoms with Crippen molar-refractivity contribution >= 4 is 57.8 Å². The first-order valence-electron chi connectivity index (χ1n) is 8.84. The summed E-state index contributed by atoms with van der Waals surface area (Å²) in [5, 5.41) is 3.67. The predicted octanol–water partition coefficient (Wildman–Crippen LogP) is 4.38. The molecular formula is C19H21ClN2O2S2. The molecule has 0 spiro atoms. The monoisotopic (exact) mass is 408 g/mol. The lowest BCUT2D eigenvalue weighted by Crippen LogP contribution is -2.34. The maximum absolute atomic E-state index is 12.6. The molecule has 1 heterocycles. The molecule has 1 saturated carbocycles. The van der Waals surface area contributed by atoms with Gasteiger partial charge in [0.2, 0.25) is 5.91 Å². The molecule has 138 valence electrons. The Morgan fingerprint density at radius 1 is 1.35 bits per heavy atom. The molecule has 2 amide bonds. The first kappa shape index (κ1) is 19.4. The molecule has 0 aromatic heterocycles. The van der Waals surface area contributed by atoms with E-state index < -0.39 is 0 Å². The zero-order valence-corrected chi connectivity index (χ0v) is 16.8. The van der Waals surface area contributed by atoms with Crippen LogP contribution < -0.4 is 5.32 Å². The molecule has 7 heteroatoms. The van der Waals surface area contributed by atoms with Crippen LogP contribution in [0, 0.1) is 0 Å². The van der Waals surface area contributed by atoms with Crippen LogP contribution in [0.5, 0.6) is 0 Å².